The van der Waals surface area contributed by atoms with E-state index >= 15 is 0 Å². The van der Waals surface area contributed by atoms with Crippen LogP contribution >= 0.6 is 0 Å². The maximum absolute atomic E-state index is 12.1. The maximum Gasteiger partial charge on any atom is 0.326 e. The number of likely N-dealkylation sites (tertiary alicyclic amines) is 1. The SMILES string of the molecule is CC(=O)NCCC(=O)N1CCCC(C)(C)C1C(=O)O. The Hall–Kier alpha value is -1.59. The van der Waals surface area contributed by atoms with E-state index < -0.39 is 17.4 Å². The van der Waals surface area contributed by atoms with Gasteiger partial charge in [0, 0.05) is 26.4 Å². The first-order valence-corrected chi connectivity index (χ1v) is 6.52. The van der Waals surface area contributed by atoms with Crippen molar-refractivity contribution in [3.63, 3.8) is 0 Å². The van der Waals surface area contributed by atoms with Gasteiger partial charge in [-0.25, -0.2) is 4.79 Å². The zero-order chi connectivity index (χ0) is 14.6. The Kier molecular flexibility index (Phi) is 4.91. The summed E-state index contributed by atoms with van der Waals surface area (Å²) in [5.74, 6) is -1.37. The van der Waals surface area contributed by atoms with Crippen LogP contribution in [0, 0.1) is 5.41 Å². The molecule has 0 aliphatic carbocycles. The minimum absolute atomic E-state index is 0.138. The fraction of sp³-hybridized carbons (Fsp3) is 0.769. The van der Waals surface area contributed by atoms with Crippen molar-refractivity contribution in [2.75, 3.05) is 13.1 Å². The normalized spacial score (nSPS) is 21.8. The molecule has 1 saturated heterocycles. The van der Waals surface area contributed by atoms with Gasteiger partial charge >= 0.3 is 5.97 Å². The van der Waals surface area contributed by atoms with Gasteiger partial charge in [-0.15, -0.1) is 0 Å². The summed E-state index contributed by atoms with van der Waals surface area (Å²) in [6.45, 7) is 5.85. The summed E-state index contributed by atoms with van der Waals surface area (Å²) in [5.41, 5.74) is -0.423. The number of carbonyl (C=O) groups is 3. The molecule has 2 N–H and O–H groups in total. The Balaban J connectivity index is 2.70. The quantitative estimate of drug-likeness (QED) is 0.783. The average Bonchev–Trinajstić information content (AvgIpc) is 2.25. The number of carboxylic acid groups (broad SMARTS) is 1. The predicted octanol–water partition coefficient (Wildman–Crippen LogP) is 0.614. The molecule has 0 spiro atoms. The lowest BCUT2D eigenvalue weighted by Crippen LogP contribution is -2.56. The molecule has 1 heterocycles. The molecule has 0 aromatic rings. The summed E-state index contributed by atoms with van der Waals surface area (Å²) in [4.78, 5) is 35.7. The second kappa shape index (κ2) is 6.04. The topological polar surface area (TPSA) is 86.7 Å². The van der Waals surface area contributed by atoms with Gasteiger partial charge in [-0.1, -0.05) is 13.8 Å². The first-order valence-electron chi connectivity index (χ1n) is 6.52. The van der Waals surface area contributed by atoms with Crippen LogP contribution in [0.3, 0.4) is 0 Å². The van der Waals surface area contributed by atoms with Crippen molar-refractivity contribution in [2.24, 2.45) is 5.41 Å². The number of rotatable bonds is 4. The summed E-state index contributed by atoms with van der Waals surface area (Å²) < 4.78 is 0. The Labute approximate surface area is 113 Å². The highest BCUT2D eigenvalue weighted by Gasteiger charge is 2.44. The molecule has 0 aromatic heterocycles. The summed E-state index contributed by atoms with van der Waals surface area (Å²) >= 11 is 0. The molecule has 1 rings (SSSR count). The molecule has 1 fully saturated rings. The molecule has 6 heteroatoms. The number of nitrogens with one attached hydrogen (secondary N) is 1. The first kappa shape index (κ1) is 15.5. The third kappa shape index (κ3) is 3.94. The van der Waals surface area contributed by atoms with E-state index in [9.17, 15) is 19.5 Å². The third-order valence-corrected chi connectivity index (χ3v) is 3.54. The van der Waals surface area contributed by atoms with Gasteiger partial charge in [0.15, 0.2) is 0 Å². The lowest BCUT2D eigenvalue weighted by atomic mass is 9.76. The van der Waals surface area contributed by atoms with Crippen molar-refractivity contribution in [3.8, 4) is 0 Å². The van der Waals surface area contributed by atoms with Crippen LogP contribution in [0.5, 0.6) is 0 Å². The van der Waals surface area contributed by atoms with Crippen molar-refractivity contribution in [3.05, 3.63) is 0 Å². The molecule has 1 atom stereocenters. The van der Waals surface area contributed by atoms with Gasteiger partial charge in [0.1, 0.15) is 6.04 Å². The molecule has 0 saturated carbocycles. The molecular formula is C13H22N2O4. The fourth-order valence-corrected chi connectivity index (χ4v) is 2.62. The zero-order valence-electron chi connectivity index (χ0n) is 11.7. The van der Waals surface area contributed by atoms with Gasteiger partial charge in [-0.2, -0.15) is 0 Å². The van der Waals surface area contributed by atoms with Crippen molar-refractivity contribution < 1.29 is 19.5 Å². The van der Waals surface area contributed by atoms with Crippen LogP contribution in [-0.4, -0.2) is 46.9 Å². The average molecular weight is 270 g/mol. The van der Waals surface area contributed by atoms with Crippen LogP contribution in [0.2, 0.25) is 0 Å². The van der Waals surface area contributed by atoms with E-state index in [-0.39, 0.29) is 24.8 Å². The van der Waals surface area contributed by atoms with E-state index in [0.717, 1.165) is 12.8 Å². The van der Waals surface area contributed by atoms with E-state index in [0.29, 0.717) is 6.54 Å². The lowest BCUT2D eigenvalue weighted by Gasteiger charge is -2.44. The third-order valence-electron chi connectivity index (χ3n) is 3.54. The second-order valence-corrected chi connectivity index (χ2v) is 5.65. The van der Waals surface area contributed by atoms with E-state index in [1.165, 1.54) is 11.8 Å². The fourth-order valence-electron chi connectivity index (χ4n) is 2.62. The molecule has 6 nitrogen and oxygen atoms in total. The minimum atomic E-state index is -0.961. The summed E-state index contributed by atoms with van der Waals surface area (Å²) in [6, 6.07) is -0.786. The molecule has 108 valence electrons. The van der Waals surface area contributed by atoms with Gasteiger partial charge in [0.2, 0.25) is 11.8 Å². The van der Waals surface area contributed by atoms with Gasteiger partial charge in [0.25, 0.3) is 0 Å². The molecule has 0 bridgehead atoms. The van der Waals surface area contributed by atoms with Gasteiger partial charge in [0.05, 0.1) is 0 Å². The number of nitrogens with zero attached hydrogens (tertiary/aromatic N) is 1. The van der Waals surface area contributed by atoms with Gasteiger partial charge in [-0.05, 0) is 18.3 Å². The molecule has 19 heavy (non-hydrogen) atoms. The number of hydrogen-bond acceptors (Lipinski definition) is 3. The Morgan fingerprint density at radius 1 is 1.37 bits per heavy atom. The van der Waals surface area contributed by atoms with Crippen LogP contribution in [0.25, 0.3) is 0 Å². The summed E-state index contributed by atoms with van der Waals surface area (Å²) in [7, 11) is 0. The van der Waals surface area contributed by atoms with Crippen molar-refractivity contribution in [1.29, 1.82) is 0 Å². The van der Waals surface area contributed by atoms with Gasteiger partial charge < -0.3 is 15.3 Å². The molecular weight excluding hydrogens is 248 g/mol. The van der Waals surface area contributed by atoms with Crippen LogP contribution in [0.4, 0.5) is 0 Å². The van der Waals surface area contributed by atoms with Crippen molar-refractivity contribution in [1.82, 2.24) is 10.2 Å². The smallest absolute Gasteiger partial charge is 0.326 e. The van der Waals surface area contributed by atoms with E-state index in [1.54, 1.807) is 0 Å². The monoisotopic (exact) mass is 270 g/mol. The number of hydrogen-bond donors (Lipinski definition) is 2. The number of amides is 2. The molecule has 1 aliphatic rings. The van der Waals surface area contributed by atoms with E-state index in [1.807, 2.05) is 13.8 Å². The lowest BCUT2D eigenvalue weighted by molar-refractivity contribution is -0.158. The first-order chi connectivity index (χ1) is 8.75. The number of aliphatic carboxylic acids is 1. The molecule has 1 unspecified atom stereocenters. The number of carbonyl (C=O) groups excluding carboxylic acids is 2. The Morgan fingerprint density at radius 3 is 2.53 bits per heavy atom. The molecule has 0 radical (unpaired) electrons. The molecule has 0 aromatic carbocycles. The number of carboxylic acids is 1. The Morgan fingerprint density at radius 2 is 2.00 bits per heavy atom. The van der Waals surface area contributed by atoms with E-state index in [4.69, 9.17) is 0 Å². The summed E-state index contributed by atoms with van der Waals surface area (Å²) in [6.07, 6.45) is 1.74. The largest absolute Gasteiger partial charge is 0.480 e. The van der Waals surface area contributed by atoms with Crippen LogP contribution in [-0.2, 0) is 14.4 Å². The van der Waals surface area contributed by atoms with Crippen LogP contribution in [0.1, 0.15) is 40.0 Å². The van der Waals surface area contributed by atoms with Crippen LogP contribution < -0.4 is 5.32 Å². The minimum Gasteiger partial charge on any atom is -0.480 e. The number of piperidine rings is 1. The Bertz CT molecular complexity index is 379. The standard InChI is InChI=1S/C13H22N2O4/c1-9(16)14-7-5-10(17)15-8-4-6-13(2,3)11(15)12(18)19/h11H,4-8H2,1-3H3,(H,14,16)(H,18,19). The highest BCUT2D eigenvalue weighted by Crippen LogP contribution is 2.35. The van der Waals surface area contributed by atoms with Crippen molar-refractivity contribution >= 4 is 17.8 Å². The molecule has 1 aliphatic heterocycles. The maximum atomic E-state index is 12.1. The highest BCUT2D eigenvalue weighted by atomic mass is 16.4. The molecule has 2 amide bonds. The van der Waals surface area contributed by atoms with Crippen LogP contribution in [0.15, 0.2) is 0 Å². The van der Waals surface area contributed by atoms with E-state index in [2.05, 4.69) is 5.32 Å². The second-order valence-electron chi connectivity index (χ2n) is 5.65. The zero-order valence-corrected chi connectivity index (χ0v) is 11.7. The van der Waals surface area contributed by atoms with Gasteiger partial charge in [-0.3, -0.25) is 9.59 Å². The van der Waals surface area contributed by atoms with Crippen molar-refractivity contribution in [2.45, 2.75) is 46.1 Å². The highest BCUT2D eigenvalue weighted by molar-refractivity contribution is 5.85. The summed E-state index contributed by atoms with van der Waals surface area (Å²) in [5, 5.41) is 11.9. The predicted molar refractivity (Wildman–Crippen MR) is 69.5 cm³/mol.